The molecule has 0 aliphatic heterocycles. The summed E-state index contributed by atoms with van der Waals surface area (Å²) >= 11 is 0. The third-order valence-electron chi connectivity index (χ3n) is 1.68. The summed E-state index contributed by atoms with van der Waals surface area (Å²) in [5.41, 5.74) is 2.32. The summed E-state index contributed by atoms with van der Waals surface area (Å²) < 4.78 is 0. The van der Waals surface area contributed by atoms with Crippen LogP contribution in [0.5, 0.6) is 0 Å². The Bertz CT molecular complexity index is 352. The van der Waals surface area contributed by atoms with Gasteiger partial charge in [0.2, 0.25) is 0 Å². The van der Waals surface area contributed by atoms with Crippen molar-refractivity contribution < 1.29 is 0 Å². The third-order valence-corrected chi connectivity index (χ3v) is 1.68. The van der Waals surface area contributed by atoms with Crippen LogP contribution in [-0.4, -0.2) is 0 Å². The van der Waals surface area contributed by atoms with Crippen LogP contribution in [0.25, 0.3) is 0 Å². The second-order valence-electron chi connectivity index (χ2n) is 2.87. The predicted octanol–water partition coefficient (Wildman–Crippen LogP) is 2.76. The van der Waals surface area contributed by atoms with E-state index in [1.54, 1.807) is 0 Å². The lowest BCUT2D eigenvalue weighted by molar-refractivity contribution is 1.12. The number of hydrogen-bond donors (Lipinski definition) is 0. The van der Waals surface area contributed by atoms with E-state index < -0.39 is 0 Å². The highest BCUT2D eigenvalue weighted by molar-refractivity contribution is 5.35. The lowest BCUT2D eigenvalue weighted by Crippen LogP contribution is -1.75. The van der Waals surface area contributed by atoms with Gasteiger partial charge in [0.1, 0.15) is 0 Å². The van der Waals surface area contributed by atoms with Gasteiger partial charge in [-0.25, -0.2) is 0 Å². The van der Waals surface area contributed by atoms with Crippen LogP contribution in [0.2, 0.25) is 0 Å². The smallest absolute Gasteiger partial charge is 0.0245 e. The van der Waals surface area contributed by atoms with E-state index in [9.17, 15) is 0 Å². The molecule has 0 nitrogen and oxygen atoms in total. The summed E-state index contributed by atoms with van der Waals surface area (Å²) in [4.78, 5) is 0. The molecule has 0 aliphatic carbocycles. The van der Waals surface area contributed by atoms with Crippen molar-refractivity contribution in [2.75, 3.05) is 0 Å². The monoisotopic (exact) mass is 168 g/mol. The van der Waals surface area contributed by atoms with Crippen LogP contribution in [-0.2, 0) is 0 Å². The molecule has 0 atom stereocenters. The first kappa shape index (κ1) is 9.43. The highest BCUT2D eigenvalue weighted by Gasteiger charge is 1.84. The largest absolute Gasteiger partial charge is 0.120 e. The molecule has 0 radical (unpaired) electrons. The van der Waals surface area contributed by atoms with Crippen molar-refractivity contribution in [1.29, 1.82) is 0 Å². The van der Waals surface area contributed by atoms with Crippen molar-refractivity contribution in [2.45, 2.75) is 19.8 Å². The zero-order chi connectivity index (χ0) is 9.52. The molecule has 0 fully saturated rings. The minimum atomic E-state index is 0.735. The Morgan fingerprint density at radius 2 is 1.85 bits per heavy atom. The molecule has 1 aromatic carbocycles. The molecule has 0 N–H and O–H groups in total. The van der Waals surface area contributed by atoms with Gasteiger partial charge < -0.3 is 0 Å². The van der Waals surface area contributed by atoms with Crippen LogP contribution >= 0.6 is 0 Å². The second-order valence-corrected chi connectivity index (χ2v) is 2.87. The Morgan fingerprint density at radius 1 is 1.15 bits per heavy atom. The fraction of sp³-hybridized carbons (Fsp3) is 0.231. The van der Waals surface area contributed by atoms with Gasteiger partial charge >= 0.3 is 0 Å². The topological polar surface area (TPSA) is 0 Å². The quantitative estimate of drug-likeness (QED) is 0.447. The Labute approximate surface area is 80.0 Å². The molecule has 1 aromatic rings. The molecular formula is C13H12. The molecule has 0 unspecified atom stereocenters. The average Bonchev–Trinajstić information content (AvgIpc) is 2.15. The van der Waals surface area contributed by atoms with Gasteiger partial charge in [0, 0.05) is 18.4 Å². The van der Waals surface area contributed by atoms with Gasteiger partial charge in [0.25, 0.3) is 0 Å². The molecule has 0 bridgehead atoms. The van der Waals surface area contributed by atoms with E-state index in [1.807, 2.05) is 12.1 Å². The Morgan fingerprint density at radius 3 is 2.46 bits per heavy atom. The zero-order valence-electron chi connectivity index (χ0n) is 7.80. The van der Waals surface area contributed by atoms with Crippen molar-refractivity contribution in [3.63, 3.8) is 0 Å². The van der Waals surface area contributed by atoms with E-state index in [0.29, 0.717) is 0 Å². The van der Waals surface area contributed by atoms with Gasteiger partial charge in [-0.2, -0.15) is 0 Å². The minimum absolute atomic E-state index is 0.735. The summed E-state index contributed by atoms with van der Waals surface area (Å²) in [5, 5.41) is 0. The fourth-order valence-corrected chi connectivity index (χ4v) is 0.936. The lowest BCUT2D eigenvalue weighted by atomic mass is 10.1. The number of unbranched alkanes of at least 4 members (excludes halogenated alkanes) is 1. The molecule has 13 heavy (non-hydrogen) atoms. The molecule has 0 aromatic heterocycles. The standard InChI is InChI=1S/C13H12/c1-3-4-5-6-7-13-10-8-12(2)9-11-13/h1,8-11H,4-5H2,2H3. The van der Waals surface area contributed by atoms with E-state index in [-0.39, 0.29) is 0 Å². The highest BCUT2D eigenvalue weighted by atomic mass is 13.9. The van der Waals surface area contributed by atoms with Crippen molar-refractivity contribution in [3.05, 3.63) is 35.4 Å². The Hall–Kier alpha value is -1.66. The SMILES string of the molecule is C#CCCC#Cc1ccc(C)cc1. The van der Waals surface area contributed by atoms with E-state index in [4.69, 9.17) is 6.42 Å². The van der Waals surface area contributed by atoms with Crippen LogP contribution in [0.15, 0.2) is 24.3 Å². The summed E-state index contributed by atoms with van der Waals surface area (Å²) in [6, 6.07) is 8.17. The number of hydrogen-bond acceptors (Lipinski definition) is 0. The average molecular weight is 168 g/mol. The molecule has 1 rings (SSSR count). The predicted molar refractivity (Wildman–Crippen MR) is 56.1 cm³/mol. The van der Waals surface area contributed by atoms with Gasteiger partial charge in [0.15, 0.2) is 0 Å². The van der Waals surface area contributed by atoms with Crippen molar-refractivity contribution >= 4 is 0 Å². The van der Waals surface area contributed by atoms with E-state index in [0.717, 1.165) is 18.4 Å². The van der Waals surface area contributed by atoms with Gasteiger partial charge in [-0.1, -0.05) is 29.5 Å². The van der Waals surface area contributed by atoms with E-state index >= 15 is 0 Å². The first-order valence-electron chi connectivity index (χ1n) is 4.32. The summed E-state index contributed by atoms with van der Waals surface area (Å²) in [6.45, 7) is 2.07. The van der Waals surface area contributed by atoms with Gasteiger partial charge in [-0.05, 0) is 19.1 Å². The second kappa shape index (κ2) is 5.07. The minimum Gasteiger partial charge on any atom is -0.120 e. The van der Waals surface area contributed by atoms with Crippen LogP contribution in [0.4, 0.5) is 0 Å². The summed E-state index contributed by atoms with van der Waals surface area (Å²) in [5.74, 6) is 8.65. The first-order chi connectivity index (χ1) is 6.33. The van der Waals surface area contributed by atoms with Gasteiger partial charge in [-0.15, -0.1) is 12.3 Å². The van der Waals surface area contributed by atoms with Crippen molar-refractivity contribution in [1.82, 2.24) is 0 Å². The Kier molecular flexibility index (Phi) is 3.68. The van der Waals surface area contributed by atoms with Crippen LogP contribution in [0, 0.1) is 31.1 Å². The third kappa shape index (κ3) is 3.50. The molecule has 0 heterocycles. The number of benzene rings is 1. The molecule has 0 saturated carbocycles. The number of rotatable bonds is 1. The number of aryl methyl sites for hydroxylation is 1. The maximum absolute atomic E-state index is 5.11. The highest BCUT2D eigenvalue weighted by Crippen LogP contribution is 2.00. The van der Waals surface area contributed by atoms with Crippen LogP contribution < -0.4 is 0 Å². The maximum atomic E-state index is 5.11. The Balaban J connectivity index is 2.58. The first-order valence-corrected chi connectivity index (χ1v) is 4.32. The molecule has 0 heteroatoms. The molecule has 64 valence electrons. The molecule has 0 aliphatic rings. The fourth-order valence-electron chi connectivity index (χ4n) is 0.936. The van der Waals surface area contributed by atoms with Crippen LogP contribution in [0.1, 0.15) is 24.0 Å². The lowest BCUT2D eigenvalue weighted by Gasteiger charge is -1.90. The summed E-state index contributed by atoms with van der Waals surface area (Å²) in [7, 11) is 0. The molecule has 0 amide bonds. The van der Waals surface area contributed by atoms with E-state index in [2.05, 4.69) is 36.8 Å². The molecule has 0 spiro atoms. The normalized spacial score (nSPS) is 8.31. The van der Waals surface area contributed by atoms with Crippen molar-refractivity contribution in [2.24, 2.45) is 0 Å². The van der Waals surface area contributed by atoms with Gasteiger partial charge in [-0.3, -0.25) is 0 Å². The van der Waals surface area contributed by atoms with Crippen molar-refractivity contribution in [3.8, 4) is 24.2 Å². The number of terminal acetylenes is 1. The zero-order valence-corrected chi connectivity index (χ0v) is 7.80. The summed E-state index contributed by atoms with van der Waals surface area (Å²) in [6.07, 6.45) is 6.63. The van der Waals surface area contributed by atoms with Crippen LogP contribution in [0.3, 0.4) is 0 Å². The molecule has 0 saturated heterocycles. The molecular weight excluding hydrogens is 156 g/mol. The van der Waals surface area contributed by atoms with E-state index in [1.165, 1.54) is 5.56 Å². The van der Waals surface area contributed by atoms with Gasteiger partial charge in [0.05, 0.1) is 0 Å². The maximum Gasteiger partial charge on any atom is 0.0245 e.